The number of hydrogen-bond acceptors (Lipinski definition) is 2. The van der Waals surface area contributed by atoms with E-state index in [9.17, 15) is 4.79 Å². The molecule has 0 aliphatic rings. The van der Waals surface area contributed by atoms with Crippen LogP contribution in [0.5, 0.6) is 0 Å². The standard InChI is InChI=1S/C17H27NO2/c1-12(2)10-15-6-8-16(9-7-15)14(4)17(19)18-13(3)11-20-5/h6-9,12-14H,10-11H2,1-5H3,(H,18,19)/t13-,14+/m0/s1. The molecule has 0 unspecified atom stereocenters. The average molecular weight is 277 g/mol. The first kappa shape index (κ1) is 16.7. The van der Waals surface area contributed by atoms with Crippen molar-refractivity contribution in [3.05, 3.63) is 35.4 Å². The van der Waals surface area contributed by atoms with Gasteiger partial charge in [0.05, 0.1) is 12.5 Å². The lowest BCUT2D eigenvalue weighted by atomic mass is 9.96. The van der Waals surface area contributed by atoms with Crippen molar-refractivity contribution in [1.29, 1.82) is 0 Å². The van der Waals surface area contributed by atoms with Crippen molar-refractivity contribution in [1.82, 2.24) is 5.32 Å². The summed E-state index contributed by atoms with van der Waals surface area (Å²) in [5.74, 6) is 0.560. The molecule has 20 heavy (non-hydrogen) atoms. The molecular weight excluding hydrogens is 250 g/mol. The van der Waals surface area contributed by atoms with E-state index in [1.54, 1.807) is 7.11 Å². The normalized spacial score (nSPS) is 14.1. The fourth-order valence-electron chi connectivity index (χ4n) is 2.22. The van der Waals surface area contributed by atoms with E-state index < -0.39 is 0 Å². The molecule has 0 saturated heterocycles. The maximum absolute atomic E-state index is 12.1. The van der Waals surface area contributed by atoms with Gasteiger partial charge >= 0.3 is 0 Å². The molecule has 1 aromatic rings. The number of carbonyl (C=O) groups excluding carboxylic acids is 1. The Labute approximate surface area is 122 Å². The average Bonchev–Trinajstić information content (AvgIpc) is 2.38. The lowest BCUT2D eigenvalue weighted by molar-refractivity contribution is -0.123. The van der Waals surface area contributed by atoms with Gasteiger partial charge in [0, 0.05) is 13.2 Å². The number of carbonyl (C=O) groups is 1. The van der Waals surface area contributed by atoms with Crippen LogP contribution in [0.15, 0.2) is 24.3 Å². The third-order valence-electron chi connectivity index (χ3n) is 3.32. The minimum Gasteiger partial charge on any atom is -0.383 e. The Morgan fingerprint density at radius 2 is 1.75 bits per heavy atom. The quantitative estimate of drug-likeness (QED) is 0.831. The molecule has 1 aromatic carbocycles. The van der Waals surface area contributed by atoms with Crippen molar-refractivity contribution in [3.63, 3.8) is 0 Å². The Bertz CT molecular complexity index is 412. The first-order valence-electron chi connectivity index (χ1n) is 7.32. The summed E-state index contributed by atoms with van der Waals surface area (Å²) >= 11 is 0. The number of rotatable bonds is 7. The molecule has 0 saturated carbocycles. The third-order valence-corrected chi connectivity index (χ3v) is 3.32. The van der Waals surface area contributed by atoms with Crippen LogP contribution in [0.4, 0.5) is 0 Å². The highest BCUT2D eigenvalue weighted by molar-refractivity contribution is 5.83. The monoisotopic (exact) mass is 277 g/mol. The number of amides is 1. The van der Waals surface area contributed by atoms with Gasteiger partial charge in [-0.3, -0.25) is 4.79 Å². The van der Waals surface area contributed by atoms with E-state index in [0.29, 0.717) is 12.5 Å². The number of benzene rings is 1. The Morgan fingerprint density at radius 1 is 1.15 bits per heavy atom. The molecule has 0 spiro atoms. The summed E-state index contributed by atoms with van der Waals surface area (Å²) in [6, 6.07) is 8.40. The number of methoxy groups -OCH3 is 1. The van der Waals surface area contributed by atoms with Crippen LogP contribution in [0.2, 0.25) is 0 Å². The van der Waals surface area contributed by atoms with Gasteiger partial charge in [-0.05, 0) is 37.3 Å². The van der Waals surface area contributed by atoms with E-state index in [1.807, 2.05) is 13.8 Å². The van der Waals surface area contributed by atoms with E-state index in [2.05, 4.69) is 43.4 Å². The van der Waals surface area contributed by atoms with Crippen molar-refractivity contribution in [2.75, 3.05) is 13.7 Å². The first-order chi connectivity index (χ1) is 9.43. The van der Waals surface area contributed by atoms with Crippen LogP contribution in [0.3, 0.4) is 0 Å². The highest BCUT2D eigenvalue weighted by Crippen LogP contribution is 2.17. The summed E-state index contributed by atoms with van der Waals surface area (Å²) < 4.78 is 5.03. The minimum absolute atomic E-state index is 0.0372. The molecule has 112 valence electrons. The highest BCUT2D eigenvalue weighted by atomic mass is 16.5. The van der Waals surface area contributed by atoms with Gasteiger partial charge in [-0.1, -0.05) is 38.1 Å². The SMILES string of the molecule is COC[C@H](C)NC(=O)[C@H](C)c1ccc(CC(C)C)cc1. The van der Waals surface area contributed by atoms with Crippen LogP contribution in [-0.4, -0.2) is 25.7 Å². The van der Waals surface area contributed by atoms with Gasteiger partial charge < -0.3 is 10.1 Å². The van der Waals surface area contributed by atoms with Crippen LogP contribution < -0.4 is 5.32 Å². The maximum atomic E-state index is 12.1. The summed E-state index contributed by atoms with van der Waals surface area (Å²) in [6.07, 6.45) is 1.08. The highest BCUT2D eigenvalue weighted by Gasteiger charge is 2.17. The second-order valence-electron chi connectivity index (χ2n) is 5.93. The molecule has 0 fully saturated rings. The molecule has 3 nitrogen and oxygen atoms in total. The second kappa shape index (κ2) is 8.05. The van der Waals surface area contributed by atoms with E-state index in [4.69, 9.17) is 4.74 Å². The summed E-state index contributed by atoms with van der Waals surface area (Å²) in [6.45, 7) is 8.83. The molecule has 0 bridgehead atoms. The number of ether oxygens (including phenoxy) is 1. The summed E-state index contributed by atoms with van der Waals surface area (Å²) in [5.41, 5.74) is 2.38. The smallest absolute Gasteiger partial charge is 0.227 e. The zero-order valence-corrected chi connectivity index (χ0v) is 13.3. The Kier molecular flexibility index (Phi) is 6.73. The van der Waals surface area contributed by atoms with Crippen LogP contribution >= 0.6 is 0 Å². The van der Waals surface area contributed by atoms with Crippen molar-refractivity contribution in [3.8, 4) is 0 Å². The summed E-state index contributed by atoms with van der Waals surface area (Å²) in [7, 11) is 1.64. The molecule has 0 aromatic heterocycles. The minimum atomic E-state index is -0.137. The van der Waals surface area contributed by atoms with E-state index in [1.165, 1.54) is 5.56 Å². The van der Waals surface area contributed by atoms with E-state index >= 15 is 0 Å². The lowest BCUT2D eigenvalue weighted by Crippen LogP contribution is -2.38. The van der Waals surface area contributed by atoms with Crippen LogP contribution in [0, 0.1) is 5.92 Å². The molecule has 3 heteroatoms. The number of nitrogens with one attached hydrogen (secondary N) is 1. The molecule has 0 aliphatic carbocycles. The summed E-state index contributed by atoms with van der Waals surface area (Å²) in [5, 5.41) is 2.96. The van der Waals surface area contributed by atoms with E-state index in [-0.39, 0.29) is 17.9 Å². The lowest BCUT2D eigenvalue weighted by Gasteiger charge is -2.17. The molecular formula is C17H27NO2. The fourth-order valence-corrected chi connectivity index (χ4v) is 2.22. The van der Waals surface area contributed by atoms with Gasteiger partial charge in [0.15, 0.2) is 0 Å². The van der Waals surface area contributed by atoms with Crippen molar-refractivity contribution >= 4 is 5.91 Å². The van der Waals surface area contributed by atoms with Crippen LogP contribution in [0.1, 0.15) is 44.7 Å². The van der Waals surface area contributed by atoms with E-state index in [0.717, 1.165) is 12.0 Å². The molecule has 1 N–H and O–H groups in total. The Balaban J connectivity index is 2.62. The summed E-state index contributed by atoms with van der Waals surface area (Å²) in [4.78, 5) is 12.1. The van der Waals surface area contributed by atoms with Crippen LogP contribution in [0.25, 0.3) is 0 Å². The predicted octanol–water partition coefficient (Wildman–Crippen LogP) is 3.14. The second-order valence-corrected chi connectivity index (χ2v) is 5.93. The van der Waals surface area contributed by atoms with Gasteiger partial charge in [-0.25, -0.2) is 0 Å². The van der Waals surface area contributed by atoms with Gasteiger partial charge in [-0.2, -0.15) is 0 Å². The zero-order chi connectivity index (χ0) is 15.1. The number of hydrogen-bond donors (Lipinski definition) is 1. The van der Waals surface area contributed by atoms with Gasteiger partial charge in [0.2, 0.25) is 5.91 Å². The van der Waals surface area contributed by atoms with Crippen molar-refractivity contribution in [2.45, 2.75) is 46.1 Å². The molecule has 0 radical (unpaired) electrons. The molecule has 0 aliphatic heterocycles. The topological polar surface area (TPSA) is 38.3 Å². The molecule has 2 atom stereocenters. The van der Waals surface area contributed by atoms with Crippen LogP contribution in [-0.2, 0) is 16.0 Å². The first-order valence-corrected chi connectivity index (χ1v) is 7.32. The molecule has 0 heterocycles. The zero-order valence-electron chi connectivity index (χ0n) is 13.3. The predicted molar refractivity (Wildman–Crippen MR) is 82.9 cm³/mol. The van der Waals surface area contributed by atoms with Gasteiger partial charge in [0.1, 0.15) is 0 Å². The Hall–Kier alpha value is -1.35. The fraction of sp³-hybridized carbons (Fsp3) is 0.588. The van der Waals surface area contributed by atoms with Crippen molar-refractivity contribution < 1.29 is 9.53 Å². The van der Waals surface area contributed by atoms with Crippen molar-refractivity contribution in [2.24, 2.45) is 5.92 Å². The van der Waals surface area contributed by atoms with Gasteiger partial charge in [-0.15, -0.1) is 0 Å². The maximum Gasteiger partial charge on any atom is 0.227 e. The Morgan fingerprint density at radius 3 is 2.25 bits per heavy atom. The van der Waals surface area contributed by atoms with Gasteiger partial charge in [0.25, 0.3) is 0 Å². The molecule has 1 rings (SSSR count). The third kappa shape index (κ3) is 5.33. The molecule has 1 amide bonds. The largest absolute Gasteiger partial charge is 0.383 e.